The van der Waals surface area contributed by atoms with Gasteiger partial charge < -0.3 is 5.11 Å². The highest BCUT2D eigenvalue weighted by molar-refractivity contribution is 6.09. The van der Waals surface area contributed by atoms with Crippen LogP contribution >= 0.6 is 0 Å². The van der Waals surface area contributed by atoms with Crippen LogP contribution in [0.25, 0.3) is 0 Å². The van der Waals surface area contributed by atoms with E-state index in [-0.39, 0.29) is 23.5 Å². The van der Waals surface area contributed by atoms with Crippen LogP contribution in [0.5, 0.6) is 0 Å². The quantitative estimate of drug-likeness (QED) is 0.923. The number of rotatable bonds is 2. The first-order chi connectivity index (χ1) is 10.8. The number of amides is 1. The molecule has 23 heavy (non-hydrogen) atoms. The first kappa shape index (κ1) is 15.5. The van der Waals surface area contributed by atoms with Gasteiger partial charge in [0.15, 0.2) is 0 Å². The highest BCUT2D eigenvalue weighted by atomic mass is 19.4. The van der Waals surface area contributed by atoms with Gasteiger partial charge in [0.1, 0.15) is 5.82 Å². The number of benzene rings is 1. The van der Waals surface area contributed by atoms with Gasteiger partial charge in [-0.2, -0.15) is 13.2 Å². The highest BCUT2D eigenvalue weighted by Crippen LogP contribution is 2.38. The molecule has 1 aromatic heterocycles. The third-order valence-electron chi connectivity index (χ3n) is 3.80. The summed E-state index contributed by atoms with van der Waals surface area (Å²) in [6.45, 7) is 1.36. The zero-order valence-corrected chi connectivity index (χ0v) is 12.1. The summed E-state index contributed by atoms with van der Waals surface area (Å²) in [5, 5.41) is 9.60. The van der Waals surface area contributed by atoms with Gasteiger partial charge in [-0.1, -0.05) is 6.07 Å². The number of aromatic nitrogens is 1. The van der Waals surface area contributed by atoms with Crippen molar-refractivity contribution in [2.24, 2.45) is 0 Å². The Morgan fingerprint density at radius 1 is 1.30 bits per heavy atom. The number of aliphatic hydroxyl groups is 1. The summed E-state index contributed by atoms with van der Waals surface area (Å²) in [4.78, 5) is 17.6. The SMILES string of the molecule is C[C@H](O)c1ccnc(N2Cc3c(cccc3C(F)(F)F)C2=O)c1. The number of carbonyl (C=O) groups is 1. The van der Waals surface area contributed by atoms with Gasteiger partial charge in [-0.3, -0.25) is 9.69 Å². The van der Waals surface area contributed by atoms with Gasteiger partial charge in [-0.15, -0.1) is 0 Å². The van der Waals surface area contributed by atoms with Crippen LogP contribution in [0, 0.1) is 0 Å². The lowest BCUT2D eigenvalue weighted by atomic mass is 10.0. The zero-order valence-electron chi connectivity index (χ0n) is 12.1. The second kappa shape index (κ2) is 5.34. The minimum absolute atomic E-state index is 0.0316. The van der Waals surface area contributed by atoms with Crippen LogP contribution in [-0.2, 0) is 12.7 Å². The van der Waals surface area contributed by atoms with E-state index in [0.717, 1.165) is 6.07 Å². The van der Waals surface area contributed by atoms with Crippen molar-refractivity contribution in [2.75, 3.05) is 4.90 Å². The van der Waals surface area contributed by atoms with Gasteiger partial charge in [-0.05, 0) is 42.3 Å². The van der Waals surface area contributed by atoms with Crippen molar-refractivity contribution in [2.45, 2.75) is 25.7 Å². The standard InChI is InChI=1S/C16H13F3N2O2/c1-9(22)10-5-6-20-14(7-10)21-8-12-11(15(21)23)3-2-4-13(12)16(17,18)19/h2-7,9,22H,8H2,1H3/t9-/m0/s1. The van der Waals surface area contributed by atoms with Gasteiger partial charge in [0.05, 0.1) is 18.2 Å². The summed E-state index contributed by atoms with van der Waals surface area (Å²) in [5.74, 6) is -0.306. The lowest BCUT2D eigenvalue weighted by Gasteiger charge is -2.16. The Labute approximate surface area is 130 Å². The molecule has 0 saturated heterocycles. The van der Waals surface area contributed by atoms with E-state index < -0.39 is 23.8 Å². The smallest absolute Gasteiger partial charge is 0.389 e. The van der Waals surface area contributed by atoms with E-state index in [0.29, 0.717) is 5.56 Å². The fourth-order valence-corrected chi connectivity index (χ4v) is 2.63. The van der Waals surface area contributed by atoms with Crippen LogP contribution < -0.4 is 4.90 Å². The molecule has 4 nitrogen and oxygen atoms in total. The molecule has 0 bridgehead atoms. The molecule has 3 rings (SSSR count). The number of hydrogen-bond acceptors (Lipinski definition) is 3. The number of aliphatic hydroxyl groups excluding tert-OH is 1. The second-order valence-corrected chi connectivity index (χ2v) is 5.34. The summed E-state index contributed by atoms with van der Waals surface area (Å²) < 4.78 is 39.3. The van der Waals surface area contributed by atoms with Gasteiger partial charge in [-0.25, -0.2) is 4.98 Å². The maximum atomic E-state index is 13.1. The van der Waals surface area contributed by atoms with E-state index >= 15 is 0 Å². The Hall–Kier alpha value is -2.41. The molecule has 0 aliphatic carbocycles. The van der Waals surface area contributed by atoms with Crippen LogP contribution in [0.2, 0.25) is 0 Å². The van der Waals surface area contributed by atoms with Crippen molar-refractivity contribution in [3.63, 3.8) is 0 Å². The van der Waals surface area contributed by atoms with Crippen molar-refractivity contribution in [3.05, 3.63) is 58.8 Å². The second-order valence-electron chi connectivity index (χ2n) is 5.34. The summed E-state index contributed by atoms with van der Waals surface area (Å²) in [7, 11) is 0. The lowest BCUT2D eigenvalue weighted by molar-refractivity contribution is -0.138. The minimum atomic E-state index is -4.52. The molecule has 2 aromatic rings. The molecule has 1 N–H and O–H groups in total. The average molecular weight is 322 g/mol. The van der Waals surface area contributed by atoms with Crippen molar-refractivity contribution in [3.8, 4) is 0 Å². The van der Waals surface area contributed by atoms with Crippen LogP contribution in [0.3, 0.4) is 0 Å². The number of hydrogen-bond donors (Lipinski definition) is 1. The molecule has 0 saturated carbocycles. The topological polar surface area (TPSA) is 53.4 Å². The summed E-state index contributed by atoms with van der Waals surface area (Å²) in [6.07, 6.45) is -3.86. The number of nitrogens with zero attached hydrogens (tertiary/aromatic N) is 2. The van der Waals surface area contributed by atoms with E-state index in [2.05, 4.69) is 4.98 Å². The number of fused-ring (bicyclic) bond motifs is 1. The van der Waals surface area contributed by atoms with Crippen molar-refractivity contribution >= 4 is 11.7 Å². The normalized spacial score (nSPS) is 15.7. The van der Waals surface area contributed by atoms with Gasteiger partial charge in [0.2, 0.25) is 0 Å². The molecule has 1 aliphatic heterocycles. The Balaban J connectivity index is 2.03. The number of carbonyl (C=O) groups excluding carboxylic acids is 1. The van der Waals surface area contributed by atoms with E-state index in [1.54, 1.807) is 13.0 Å². The number of anilines is 1. The fourth-order valence-electron chi connectivity index (χ4n) is 2.63. The van der Waals surface area contributed by atoms with E-state index in [1.807, 2.05) is 0 Å². The molecule has 120 valence electrons. The third kappa shape index (κ3) is 2.68. The summed E-state index contributed by atoms with van der Waals surface area (Å²) >= 11 is 0. The van der Waals surface area contributed by atoms with Gasteiger partial charge in [0.25, 0.3) is 5.91 Å². The predicted octanol–water partition coefficient (Wildman–Crippen LogP) is 3.31. The summed E-state index contributed by atoms with van der Waals surface area (Å²) in [5.41, 5.74) is -0.286. The van der Waals surface area contributed by atoms with Crippen LogP contribution in [0.4, 0.5) is 19.0 Å². The van der Waals surface area contributed by atoms with E-state index in [1.165, 1.54) is 29.3 Å². The molecule has 1 aliphatic rings. The van der Waals surface area contributed by atoms with Crippen LogP contribution in [0.15, 0.2) is 36.5 Å². The van der Waals surface area contributed by atoms with Gasteiger partial charge >= 0.3 is 6.18 Å². The van der Waals surface area contributed by atoms with Crippen molar-refractivity contribution in [1.82, 2.24) is 4.98 Å². The number of alkyl halides is 3. The summed E-state index contributed by atoms with van der Waals surface area (Å²) in [6, 6.07) is 6.66. The first-order valence-corrected chi connectivity index (χ1v) is 6.94. The van der Waals surface area contributed by atoms with E-state index in [9.17, 15) is 23.1 Å². The minimum Gasteiger partial charge on any atom is -0.389 e. The van der Waals surface area contributed by atoms with E-state index in [4.69, 9.17) is 0 Å². The Morgan fingerprint density at radius 3 is 2.70 bits per heavy atom. The largest absolute Gasteiger partial charge is 0.416 e. The molecule has 0 spiro atoms. The first-order valence-electron chi connectivity index (χ1n) is 6.94. The molecule has 0 fully saturated rings. The van der Waals surface area contributed by atoms with Crippen molar-refractivity contribution in [1.29, 1.82) is 0 Å². The zero-order chi connectivity index (χ0) is 16.8. The predicted molar refractivity (Wildman–Crippen MR) is 76.8 cm³/mol. The maximum Gasteiger partial charge on any atom is 0.416 e. The monoisotopic (exact) mass is 322 g/mol. The molecule has 1 atom stereocenters. The molecular formula is C16H13F3N2O2. The molecule has 0 unspecified atom stereocenters. The highest BCUT2D eigenvalue weighted by Gasteiger charge is 2.39. The molecule has 2 heterocycles. The van der Waals surface area contributed by atoms with Gasteiger partial charge in [0, 0.05) is 11.8 Å². The number of halogens is 3. The van der Waals surface area contributed by atoms with Crippen LogP contribution in [0.1, 0.15) is 40.1 Å². The Kier molecular flexibility index (Phi) is 3.60. The third-order valence-corrected chi connectivity index (χ3v) is 3.80. The molecule has 0 radical (unpaired) electrons. The van der Waals surface area contributed by atoms with Crippen molar-refractivity contribution < 1.29 is 23.1 Å². The Morgan fingerprint density at radius 2 is 2.04 bits per heavy atom. The maximum absolute atomic E-state index is 13.1. The molecule has 1 amide bonds. The molecule has 1 aromatic carbocycles. The Bertz CT molecular complexity index is 772. The average Bonchev–Trinajstić information content (AvgIpc) is 2.83. The lowest BCUT2D eigenvalue weighted by Crippen LogP contribution is -2.24. The number of pyridine rings is 1. The molecule has 7 heteroatoms. The van der Waals surface area contributed by atoms with Crippen LogP contribution in [-0.4, -0.2) is 16.0 Å². The fraction of sp³-hybridized carbons (Fsp3) is 0.250. The molecular weight excluding hydrogens is 309 g/mol.